The summed E-state index contributed by atoms with van der Waals surface area (Å²) in [5, 5.41) is 2.91. The molecule has 0 aromatic heterocycles. The molecule has 0 saturated carbocycles. The lowest BCUT2D eigenvalue weighted by Gasteiger charge is -2.25. The number of methoxy groups -OCH3 is 1. The summed E-state index contributed by atoms with van der Waals surface area (Å²) in [7, 11) is 1.65. The molecule has 1 aromatic carbocycles. The van der Waals surface area contributed by atoms with Crippen molar-refractivity contribution in [2.75, 3.05) is 13.7 Å². The van der Waals surface area contributed by atoms with Crippen LogP contribution in [0.2, 0.25) is 0 Å². The van der Waals surface area contributed by atoms with Crippen molar-refractivity contribution in [2.45, 2.75) is 38.6 Å². The zero-order chi connectivity index (χ0) is 14.3. The molecule has 0 aliphatic rings. The minimum Gasteiger partial charge on any atom is -0.497 e. The molecule has 0 spiro atoms. The second-order valence-electron chi connectivity index (χ2n) is 4.72. The van der Waals surface area contributed by atoms with Gasteiger partial charge in [-0.05, 0) is 37.0 Å². The van der Waals surface area contributed by atoms with Gasteiger partial charge in [0.2, 0.25) is 5.91 Å². The molecular formula is C15H24N2O2. The van der Waals surface area contributed by atoms with Crippen LogP contribution in [0.1, 0.15) is 32.3 Å². The molecule has 3 N–H and O–H groups in total. The molecule has 0 radical (unpaired) electrons. The van der Waals surface area contributed by atoms with Crippen molar-refractivity contribution in [3.63, 3.8) is 0 Å². The third-order valence-electron chi connectivity index (χ3n) is 3.55. The maximum atomic E-state index is 12.0. The van der Waals surface area contributed by atoms with E-state index < -0.39 is 5.54 Å². The van der Waals surface area contributed by atoms with Gasteiger partial charge in [-0.1, -0.05) is 26.0 Å². The number of ether oxygens (including phenoxy) is 1. The van der Waals surface area contributed by atoms with Crippen LogP contribution in [0.15, 0.2) is 24.3 Å². The Labute approximate surface area is 115 Å². The summed E-state index contributed by atoms with van der Waals surface area (Å²) in [5.41, 5.74) is 6.43. The van der Waals surface area contributed by atoms with Crippen molar-refractivity contribution in [3.05, 3.63) is 29.8 Å². The summed E-state index contributed by atoms with van der Waals surface area (Å²) in [4.78, 5) is 12.0. The molecule has 1 aromatic rings. The fourth-order valence-electron chi connectivity index (χ4n) is 1.90. The molecule has 0 atom stereocenters. The van der Waals surface area contributed by atoms with Crippen molar-refractivity contribution in [2.24, 2.45) is 5.73 Å². The Morgan fingerprint density at radius 3 is 2.63 bits per heavy atom. The highest BCUT2D eigenvalue weighted by Crippen LogP contribution is 2.13. The molecule has 19 heavy (non-hydrogen) atoms. The van der Waals surface area contributed by atoms with Crippen LogP contribution in [-0.4, -0.2) is 25.1 Å². The Balaban J connectivity index is 2.47. The van der Waals surface area contributed by atoms with Crippen LogP contribution in [-0.2, 0) is 11.2 Å². The van der Waals surface area contributed by atoms with E-state index in [1.165, 1.54) is 0 Å². The zero-order valence-corrected chi connectivity index (χ0v) is 12.0. The standard InChI is InChI=1S/C15H24N2O2/c1-4-15(16,5-2)14(18)17-10-9-12-7-6-8-13(11-12)19-3/h6-8,11H,4-5,9-10,16H2,1-3H3,(H,17,18). The fraction of sp³-hybridized carbons (Fsp3) is 0.533. The lowest BCUT2D eigenvalue weighted by atomic mass is 9.93. The summed E-state index contributed by atoms with van der Waals surface area (Å²) in [5.74, 6) is 0.763. The van der Waals surface area contributed by atoms with E-state index in [4.69, 9.17) is 10.5 Å². The third kappa shape index (κ3) is 4.24. The van der Waals surface area contributed by atoms with Crippen LogP contribution in [0.5, 0.6) is 5.75 Å². The Hall–Kier alpha value is -1.55. The van der Waals surface area contributed by atoms with E-state index >= 15 is 0 Å². The van der Waals surface area contributed by atoms with Gasteiger partial charge in [0.25, 0.3) is 0 Å². The first kappa shape index (κ1) is 15.5. The number of benzene rings is 1. The summed E-state index contributed by atoms with van der Waals surface area (Å²) in [6, 6.07) is 7.84. The first-order valence-corrected chi connectivity index (χ1v) is 6.75. The van der Waals surface area contributed by atoms with E-state index in [1.807, 2.05) is 38.1 Å². The molecule has 0 unspecified atom stereocenters. The molecule has 0 heterocycles. The van der Waals surface area contributed by atoms with Crippen LogP contribution in [0, 0.1) is 0 Å². The van der Waals surface area contributed by atoms with E-state index in [1.54, 1.807) is 7.11 Å². The number of amides is 1. The fourth-order valence-corrected chi connectivity index (χ4v) is 1.90. The van der Waals surface area contributed by atoms with Gasteiger partial charge < -0.3 is 15.8 Å². The summed E-state index contributed by atoms with van der Waals surface area (Å²) in [6.07, 6.45) is 2.06. The predicted molar refractivity (Wildman–Crippen MR) is 77.2 cm³/mol. The lowest BCUT2D eigenvalue weighted by molar-refractivity contribution is -0.126. The Bertz CT molecular complexity index is 414. The maximum Gasteiger partial charge on any atom is 0.240 e. The number of nitrogens with one attached hydrogen (secondary N) is 1. The van der Waals surface area contributed by atoms with Crippen LogP contribution in [0.25, 0.3) is 0 Å². The second kappa shape index (κ2) is 7.14. The van der Waals surface area contributed by atoms with Crippen LogP contribution in [0.3, 0.4) is 0 Å². The Kier molecular flexibility index (Phi) is 5.83. The quantitative estimate of drug-likeness (QED) is 0.790. The van der Waals surface area contributed by atoms with Crippen LogP contribution < -0.4 is 15.8 Å². The summed E-state index contributed by atoms with van der Waals surface area (Å²) >= 11 is 0. The molecule has 4 nitrogen and oxygen atoms in total. The minimum absolute atomic E-state index is 0.0691. The third-order valence-corrected chi connectivity index (χ3v) is 3.55. The molecule has 0 bridgehead atoms. The first-order chi connectivity index (χ1) is 9.05. The largest absolute Gasteiger partial charge is 0.497 e. The minimum atomic E-state index is -0.742. The topological polar surface area (TPSA) is 64.4 Å². The molecule has 106 valence electrons. The first-order valence-electron chi connectivity index (χ1n) is 6.75. The van der Waals surface area contributed by atoms with Gasteiger partial charge in [-0.2, -0.15) is 0 Å². The Morgan fingerprint density at radius 1 is 1.37 bits per heavy atom. The van der Waals surface area contributed by atoms with Gasteiger partial charge in [0, 0.05) is 6.54 Å². The number of carbonyl (C=O) groups excluding carboxylic acids is 1. The lowest BCUT2D eigenvalue weighted by Crippen LogP contribution is -2.53. The number of hydrogen-bond donors (Lipinski definition) is 2. The van der Waals surface area contributed by atoms with Gasteiger partial charge in [-0.3, -0.25) is 4.79 Å². The molecule has 0 fully saturated rings. The van der Waals surface area contributed by atoms with Gasteiger partial charge in [-0.25, -0.2) is 0 Å². The molecule has 4 heteroatoms. The van der Waals surface area contributed by atoms with Crippen molar-refractivity contribution >= 4 is 5.91 Å². The van der Waals surface area contributed by atoms with E-state index in [2.05, 4.69) is 5.32 Å². The normalized spacial score (nSPS) is 11.2. The average molecular weight is 264 g/mol. The molecule has 0 aliphatic carbocycles. The smallest absolute Gasteiger partial charge is 0.240 e. The average Bonchev–Trinajstić information content (AvgIpc) is 2.46. The number of rotatable bonds is 7. The predicted octanol–water partition coefficient (Wildman–Crippen LogP) is 1.87. The maximum absolute atomic E-state index is 12.0. The SMILES string of the molecule is CCC(N)(CC)C(=O)NCCc1cccc(OC)c1. The van der Waals surface area contributed by atoms with Gasteiger partial charge in [-0.15, -0.1) is 0 Å². The molecule has 1 amide bonds. The van der Waals surface area contributed by atoms with E-state index in [0.717, 1.165) is 17.7 Å². The van der Waals surface area contributed by atoms with Crippen molar-refractivity contribution in [1.82, 2.24) is 5.32 Å². The Morgan fingerprint density at radius 2 is 2.05 bits per heavy atom. The molecule has 0 saturated heterocycles. The van der Waals surface area contributed by atoms with Gasteiger partial charge >= 0.3 is 0 Å². The van der Waals surface area contributed by atoms with Crippen molar-refractivity contribution in [1.29, 1.82) is 0 Å². The van der Waals surface area contributed by atoms with Gasteiger partial charge in [0.1, 0.15) is 5.75 Å². The molecule has 0 aliphatic heterocycles. The van der Waals surface area contributed by atoms with E-state index in [-0.39, 0.29) is 5.91 Å². The highest BCUT2D eigenvalue weighted by atomic mass is 16.5. The van der Waals surface area contributed by atoms with Crippen LogP contribution >= 0.6 is 0 Å². The van der Waals surface area contributed by atoms with E-state index in [9.17, 15) is 4.79 Å². The van der Waals surface area contributed by atoms with Crippen LogP contribution in [0.4, 0.5) is 0 Å². The monoisotopic (exact) mass is 264 g/mol. The van der Waals surface area contributed by atoms with E-state index in [0.29, 0.717) is 19.4 Å². The summed E-state index contributed by atoms with van der Waals surface area (Å²) < 4.78 is 5.16. The number of nitrogens with two attached hydrogens (primary N) is 1. The molecule has 1 rings (SSSR count). The highest BCUT2D eigenvalue weighted by Gasteiger charge is 2.29. The van der Waals surface area contributed by atoms with Gasteiger partial charge in [0.15, 0.2) is 0 Å². The number of carbonyl (C=O) groups is 1. The van der Waals surface area contributed by atoms with Gasteiger partial charge in [0.05, 0.1) is 12.6 Å². The molecular weight excluding hydrogens is 240 g/mol. The number of hydrogen-bond acceptors (Lipinski definition) is 3. The van der Waals surface area contributed by atoms with Crippen molar-refractivity contribution in [3.8, 4) is 5.75 Å². The zero-order valence-electron chi connectivity index (χ0n) is 12.0. The summed E-state index contributed by atoms with van der Waals surface area (Å²) in [6.45, 7) is 4.46. The van der Waals surface area contributed by atoms with Crippen molar-refractivity contribution < 1.29 is 9.53 Å². The highest BCUT2D eigenvalue weighted by molar-refractivity contribution is 5.85. The second-order valence-corrected chi connectivity index (χ2v) is 4.72.